The van der Waals surface area contributed by atoms with Crippen molar-refractivity contribution in [3.63, 3.8) is 0 Å². The molecular formula is C34H37FN8O3. The molecule has 46 heavy (non-hydrogen) atoms. The summed E-state index contributed by atoms with van der Waals surface area (Å²) in [6, 6.07) is 16.4. The number of nitrogens with zero attached hydrogens (tertiary/aromatic N) is 6. The van der Waals surface area contributed by atoms with Crippen molar-refractivity contribution in [2.24, 2.45) is 0 Å². The summed E-state index contributed by atoms with van der Waals surface area (Å²) in [5.74, 6) is -0.450. The predicted molar refractivity (Wildman–Crippen MR) is 176 cm³/mol. The molecule has 11 nitrogen and oxygen atoms in total. The zero-order valence-electron chi connectivity index (χ0n) is 26.1. The highest BCUT2D eigenvalue weighted by Gasteiger charge is 2.32. The van der Waals surface area contributed by atoms with Crippen LogP contribution in [0.15, 0.2) is 73.2 Å². The lowest BCUT2D eigenvalue weighted by Gasteiger charge is -2.38. The van der Waals surface area contributed by atoms with Crippen LogP contribution in [-0.2, 0) is 16.1 Å². The Morgan fingerprint density at radius 2 is 1.87 bits per heavy atom. The SMILES string of the molecule is COC[C@H](C(=O)N(C)c1cccc2c(-c3nc(Nc4ccc(-c5ccccc5CO)nc4)ncc3F)c[nH]c12)N1CCN(C)CC1. The topological polar surface area (TPSA) is 123 Å². The van der Waals surface area contributed by atoms with Crippen molar-refractivity contribution in [3.05, 3.63) is 84.6 Å². The molecule has 2 aromatic carbocycles. The predicted octanol–water partition coefficient (Wildman–Crippen LogP) is 4.29. The Bertz CT molecular complexity index is 1820. The van der Waals surface area contributed by atoms with Crippen LogP contribution >= 0.6 is 0 Å². The molecule has 4 heterocycles. The summed E-state index contributed by atoms with van der Waals surface area (Å²) >= 11 is 0. The van der Waals surface area contributed by atoms with Crippen molar-refractivity contribution >= 4 is 34.1 Å². The monoisotopic (exact) mass is 624 g/mol. The van der Waals surface area contributed by atoms with Gasteiger partial charge in [0.05, 0.1) is 48.2 Å². The fourth-order valence-electron chi connectivity index (χ4n) is 5.86. The summed E-state index contributed by atoms with van der Waals surface area (Å²) in [5, 5.41) is 13.5. The van der Waals surface area contributed by atoms with Crippen LogP contribution in [-0.4, -0.2) is 101 Å². The van der Waals surface area contributed by atoms with Crippen molar-refractivity contribution in [2.75, 3.05) is 64.2 Å². The minimum Gasteiger partial charge on any atom is -0.392 e. The number of aliphatic hydroxyl groups excluding tert-OH is 1. The summed E-state index contributed by atoms with van der Waals surface area (Å²) < 4.78 is 20.7. The number of aromatic nitrogens is 4. The molecule has 1 fully saturated rings. The molecule has 0 radical (unpaired) electrons. The molecule has 6 rings (SSSR count). The molecule has 12 heteroatoms. The maximum absolute atomic E-state index is 15.2. The van der Waals surface area contributed by atoms with Crippen LogP contribution in [0, 0.1) is 5.82 Å². The third kappa shape index (κ3) is 6.33. The molecule has 3 N–H and O–H groups in total. The number of ether oxygens (including phenoxy) is 1. The van der Waals surface area contributed by atoms with Gasteiger partial charge in [-0.3, -0.25) is 14.7 Å². The van der Waals surface area contributed by atoms with Crippen LogP contribution in [0.25, 0.3) is 33.4 Å². The van der Waals surface area contributed by atoms with E-state index in [1.807, 2.05) is 54.6 Å². The fourth-order valence-corrected chi connectivity index (χ4v) is 5.86. The summed E-state index contributed by atoms with van der Waals surface area (Å²) in [7, 11) is 5.44. The van der Waals surface area contributed by atoms with Gasteiger partial charge in [-0.25, -0.2) is 14.4 Å². The van der Waals surface area contributed by atoms with Crippen molar-refractivity contribution in [1.29, 1.82) is 0 Å². The quantitative estimate of drug-likeness (QED) is 0.209. The normalized spacial score (nSPS) is 14.8. The number of aromatic amines is 1. The van der Waals surface area contributed by atoms with E-state index >= 15 is 4.39 Å². The number of pyridine rings is 1. The number of fused-ring (bicyclic) bond motifs is 1. The van der Waals surface area contributed by atoms with Gasteiger partial charge in [0.1, 0.15) is 11.7 Å². The second-order valence-electron chi connectivity index (χ2n) is 11.4. The minimum atomic E-state index is -0.578. The van der Waals surface area contributed by atoms with Crippen LogP contribution in [0.2, 0.25) is 0 Å². The number of aliphatic hydroxyl groups is 1. The van der Waals surface area contributed by atoms with Crippen molar-refractivity contribution < 1.29 is 19.0 Å². The number of halogens is 1. The zero-order chi connectivity index (χ0) is 32.2. The van der Waals surface area contributed by atoms with Gasteiger partial charge in [-0.2, -0.15) is 0 Å². The average molecular weight is 625 g/mol. The number of benzene rings is 2. The first-order chi connectivity index (χ1) is 22.4. The van der Waals surface area contributed by atoms with Crippen LogP contribution < -0.4 is 10.2 Å². The molecule has 3 aromatic heterocycles. The minimum absolute atomic E-state index is 0.0748. The Labute approximate surface area is 266 Å². The van der Waals surface area contributed by atoms with Gasteiger partial charge in [0, 0.05) is 63.0 Å². The largest absolute Gasteiger partial charge is 0.392 e. The first-order valence-electron chi connectivity index (χ1n) is 15.1. The van der Waals surface area contributed by atoms with E-state index in [2.05, 4.69) is 42.1 Å². The van der Waals surface area contributed by atoms with E-state index in [1.165, 1.54) is 0 Å². The standard InChI is InChI=1S/C34H37FN8O3/c1-41-13-15-43(16-14-41)30(21-46-3)33(45)42(2)29-10-6-9-25-26(18-37-32(25)29)31-27(35)19-38-34(40-31)39-23-11-12-28(36-17-23)24-8-5-4-7-22(24)20-44/h4-12,17-19,30,37,44H,13-16,20-21H2,1-3H3,(H,38,39,40)/t30-/m1/s1. The second-order valence-corrected chi connectivity index (χ2v) is 11.4. The van der Waals surface area contributed by atoms with Gasteiger partial charge < -0.3 is 29.9 Å². The van der Waals surface area contributed by atoms with Crippen molar-refractivity contribution in [2.45, 2.75) is 12.6 Å². The highest BCUT2D eigenvalue weighted by molar-refractivity contribution is 6.07. The first-order valence-corrected chi connectivity index (χ1v) is 15.1. The molecule has 0 bridgehead atoms. The van der Waals surface area contributed by atoms with E-state index in [9.17, 15) is 9.90 Å². The zero-order valence-corrected chi connectivity index (χ0v) is 26.1. The Morgan fingerprint density at radius 1 is 1.07 bits per heavy atom. The molecule has 0 aliphatic carbocycles. The van der Waals surface area contributed by atoms with Crippen LogP contribution in [0.4, 0.5) is 21.7 Å². The number of anilines is 3. The lowest BCUT2D eigenvalue weighted by Crippen LogP contribution is -2.56. The van der Waals surface area contributed by atoms with E-state index in [4.69, 9.17) is 4.74 Å². The molecule has 1 amide bonds. The van der Waals surface area contributed by atoms with E-state index in [0.29, 0.717) is 28.1 Å². The molecule has 238 valence electrons. The molecule has 1 atom stereocenters. The number of nitrogens with one attached hydrogen (secondary N) is 2. The van der Waals surface area contributed by atoms with E-state index in [-0.39, 0.29) is 30.8 Å². The molecule has 1 aliphatic heterocycles. The smallest absolute Gasteiger partial charge is 0.246 e. The summed E-state index contributed by atoms with van der Waals surface area (Å²) in [4.78, 5) is 36.3. The highest BCUT2D eigenvalue weighted by Crippen LogP contribution is 2.35. The number of carbonyl (C=O) groups excluding carboxylic acids is 1. The Kier molecular flexibility index (Phi) is 9.31. The Hall–Kier alpha value is -4.75. The first kappa shape index (κ1) is 31.2. The molecule has 0 saturated carbocycles. The van der Waals surface area contributed by atoms with Gasteiger partial charge in [-0.05, 0) is 30.8 Å². The number of amides is 1. The summed E-state index contributed by atoms with van der Waals surface area (Å²) in [6.45, 7) is 3.53. The van der Waals surface area contributed by atoms with Gasteiger partial charge in [0.25, 0.3) is 0 Å². The fraction of sp³-hybridized carbons (Fsp3) is 0.294. The van der Waals surface area contributed by atoms with E-state index < -0.39 is 11.9 Å². The average Bonchev–Trinajstić information content (AvgIpc) is 3.52. The van der Waals surface area contributed by atoms with Crippen LogP contribution in [0.5, 0.6) is 0 Å². The van der Waals surface area contributed by atoms with E-state index in [1.54, 1.807) is 31.5 Å². The van der Waals surface area contributed by atoms with Gasteiger partial charge in [-0.15, -0.1) is 0 Å². The van der Waals surface area contributed by atoms with E-state index in [0.717, 1.165) is 48.9 Å². The number of carbonyl (C=O) groups is 1. The third-order valence-electron chi connectivity index (χ3n) is 8.46. The second kappa shape index (κ2) is 13.7. The number of hydrogen-bond acceptors (Lipinski definition) is 9. The molecule has 5 aromatic rings. The maximum atomic E-state index is 15.2. The number of H-pyrrole nitrogens is 1. The third-order valence-corrected chi connectivity index (χ3v) is 8.46. The Balaban J connectivity index is 1.25. The van der Waals surface area contributed by atoms with Crippen LogP contribution in [0.3, 0.4) is 0 Å². The molecule has 1 aliphatic rings. The molecule has 0 unspecified atom stereocenters. The molecular weight excluding hydrogens is 587 g/mol. The highest BCUT2D eigenvalue weighted by atomic mass is 19.1. The maximum Gasteiger partial charge on any atom is 0.246 e. The van der Waals surface area contributed by atoms with Crippen molar-refractivity contribution in [1.82, 2.24) is 29.7 Å². The number of para-hydroxylation sites is 1. The number of hydrogen-bond donors (Lipinski definition) is 3. The van der Waals surface area contributed by atoms with Crippen LogP contribution in [0.1, 0.15) is 5.56 Å². The van der Waals surface area contributed by atoms with Gasteiger partial charge >= 0.3 is 0 Å². The summed E-state index contributed by atoms with van der Waals surface area (Å²) in [6.07, 6.45) is 4.47. The number of rotatable bonds is 10. The number of piperazine rings is 1. The van der Waals surface area contributed by atoms with Gasteiger partial charge in [0.2, 0.25) is 11.9 Å². The molecule has 1 saturated heterocycles. The summed E-state index contributed by atoms with van der Waals surface area (Å²) in [5.41, 5.74) is 4.99. The molecule has 0 spiro atoms. The lowest BCUT2D eigenvalue weighted by atomic mass is 10.0. The van der Waals surface area contributed by atoms with Gasteiger partial charge in [0.15, 0.2) is 5.82 Å². The number of likely N-dealkylation sites (N-methyl/N-ethyl adjacent to an activating group) is 2. The number of methoxy groups -OCH3 is 1. The lowest BCUT2D eigenvalue weighted by molar-refractivity contribution is -0.126. The van der Waals surface area contributed by atoms with Gasteiger partial charge in [-0.1, -0.05) is 36.4 Å². The Morgan fingerprint density at radius 3 is 2.61 bits per heavy atom. The van der Waals surface area contributed by atoms with Crippen molar-refractivity contribution in [3.8, 4) is 22.5 Å².